The Hall–Kier alpha value is -0.120. The van der Waals surface area contributed by atoms with Crippen LogP contribution in [0.15, 0.2) is 0 Å². The van der Waals surface area contributed by atoms with Crippen LogP contribution in [0.1, 0.15) is 53.4 Å². The SMILES string of the molecule is CCC1CNC(C(C)(C)C)CN1C1CC2CCC1O2. The second-order valence-electron chi connectivity index (χ2n) is 7.76. The van der Waals surface area contributed by atoms with E-state index in [0.29, 0.717) is 35.7 Å². The molecule has 0 radical (unpaired) electrons. The predicted molar refractivity (Wildman–Crippen MR) is 78.3 cm³/mol. The molecule has 0 aromatic carbocycles. The van der Waals surface area contributed by atoms with Gasteiger partial charge >= 0.3 is 0 Å². The highest BCUT2D eigenvalue weighted by molar-refractivity contribution is 5.01. The van der Waals surface area contributed by atoms with Crippen LogP contribution in [0, 0.1) is 5.41 Å². The smallest absolute Gasteiger partial charge is 0.0736 e. The molecule has 3 nitrogen and oxygen atoms in total. The first-order chi connectivity index (χ1) is 8.99. The molecule has 0 saturated carbocycles. The van der Waals surface area contributed by atoms with Crippen LogP contribution >= 0.6 is 0 Å². The van der Waals surface area contributed by atoms with Crippen molar-refractivity contribution in [3.63, 3.8) is 0 Å². The van der Waals surface area contributed by atoms with E-state index < -0.39 is 0 Å². The van der Waals surface area contributed by atoms with E-state index in [1.807, 2.05) is 0 Å². The first-order valence-corrected chi connectivity index (χ1v) is 8.13. The number of piperazine rings is 1. The highest BCUT2D eigenvalue weighted by atomic mass is 16.5. The molecule has 0 aliphatic carbocycles. The molecule has 0 aromatic heterocycles. The number of ether oxygens (including phenoxy) is 1. The fraction of sp³-hybridized carbons (Fsp3) is 1.00. The summed E-state index contributed by atoms with van der Waals surface area (Å²) >= 11 is 0. The van der Waals surface area contributed by atoms with Gasteiger partial charge in [-0.15, -0.1) is 0 Å². The van der Waals surface area contributed by atoms with Crippen LogP contribution in [0.2, 0.25) is 0 Å². The highest BCUT2D eigenvalue weighted by Gasteiger charge is 2.47. The molecule has 5 unspecified atom stereocenters. The first kappa shape index (κ1) is 13.8. The van der Waals surface area contributed by atoms with Crippen molar-refractivity contribution in [2.75, 3.05) is 13.1 Å². The molecule has 0 spiro atoms. The van der Waals surface area contributed by atoms with Crippen LogP contribution in [0.5, 0.6) is 0 Å². The lowest BCUT2D eigenvalue weighted by Gasteiger charge is -2.48. The Morgan fingerprint density at radius 3 is 2.58 bits per heavy atom. The lowest BCUT2D eigenvalue weighted by Crippen LogP contribution is -2.63. The average molecular weight is 266 g/mol. The molecule has 1 N–H and O–H groups in total. The van der Waals surface area contributed by atoms with Crippen molar-refractivity contribution in [2.24, 2.45) is 5.41 Å². The zero-order valence-electron chi connectivity index (χ0n) is 13.0. The van der Waals surface area contributed by atoms with E-state index >= 15 is 0 Å². The Balaban J connectivity index is 1.72. The Bertz CT molecular complexity index is 325. The Labute approximate surface area is 118 Å². The second kappa shape index (κ2) is 5.01. The summed E-state index contributed by atoms with van der Waals surface area (Å²) in [7, 11) is 0. The van der Waals surface area contributed by atoms with Crippen molar-refractivity contribution in [1.29, 1.82) is 0 Å². The minimum absolute atomic E-state index is 0.343. The molecule has 5 atom stereocenters. The van der Waals surface area contributed by atoms with Gasteiger partial charge in [0.1, 0.15) is 0 Å². The van der Waals surface area contributed by atoms with Crippen LogP contribution in [-0.4, -0.2) is 48.3 Å². The summed E-state index contributed by atoms with van der Waals surface area (Å²) in [5.74, 6) is 0. The zero-order valence-corrected chi connectivity index (χ0v) is 13.0. The monoisotopic (exact) mass is 266 g/mol. The summed E-state index contributed by atoms with van der Waals surface area (Å²) in [6.45, 7) is 11.7. The summed E-state index contributed by atoms with van der Waals surface area (Å²) in [5.41, 5.74) is 0.343. The molecular formula is C16H30N2O. The Morgan fingerprint density at radius 1 is 1.26 bits per heavy atom. The number of rotatable bonds is 2. The van der Waals surface area contributed by atoms with E-state index in [9.17, 15) is 0 Å². The summed E-state index contributed by atoms with van der Waals surface area (Å²) < 4.78 is 6.09. The van der Waals surface area contributed by atoms with Crippen LogP contribution in [0.3, 0.4) is 0 Å². The summed E-state index contributed by atoms with van der Waals surface area (Å²) in [6.07, 6.45) is 6.20. The topological polar surface area (TPSA) is 24.5 Å². The average Bonchev–Trinajstić information content (AvgIpc) is 2.99. The van der Waals surface area contributed by atoms with Gasteiger partial charge in [-0.3, -0.25) is 4.90 Å². The maximum Gasteiger partial charge on any atom is 0.0736 e. The fourth-order valence-corrected chi connectivity index (χ4v) is 4.15. The standard InChI is InChI=1S/C16H30N2O/c1-5-11-9-17-15(16(2,3)4)10-18(11)13-8-12-6-7-14(13)19-12/h11-15,17H,5-10H2,1-4H3. The maximum atomic E-state index is 6.09. The summed E-state index contributed by atoms with van der Waals surface area (Å²) in [6, 6.07) is 2.00. The van der Waals surface area contributed by atoms with Crippen LogP contribution in [-0.2, 0) is 4.74 Å². The van der Waals surface area contributed by atoms with Crippen molar-refractivity contribution < 1.29 is 4.74 Å². The Kier molecular flexibility index (Phi) is 3.65. The third kappa shape index (κ3) is 2.57. The van der Waals surface area contributed by atoms with Gasteiger partial charge in [0.05, 0.1) is 12.2 Å². The van der Waals surface area contributed by atoms with Crippen molar-refractivity contribution in [2.45, 2.75) is 83.7 Å². The van der Waals surface area contributed by atoms with Gasteiger partial charge in [0, 0.05) is 31.2 Å². The van der Waals surface area contributed by atoms with Crippen LogP contribution in [0.25, 0.3) is 0 Å². The fourth-order valence-electron chi connectivity index (χ4n) is 4.15. The van der Waals surface area contributed by atoms with Gasteiger partial charge in [-0.1, -0.05) is 27.7 Å². The van der Waals surface area contributed by atoms with E-state index in [1.165, 1.54) is 32.2 Å². The second-order valence-corrected chi connectivity index (χ2v) is 7.76. The molecule has 3 fully saturated rings. The number of nitrogens with one attached hydrogen (secondary N) is 1. The molecule has 3 heterocycles. The minimum Gasteiger partial charge on any atom is -0.373 e. The summed E-state index contributed by atoms with van der Waals surface area (Å²) in [4.78, 5) is 2.79. The van der Waals surface area contributed by atoms with Gasteiger partial charge < -0.3 is 10.1 Å². The number of hydrogen-bond donors (Lipinski definition) is 1. The van der Waals surface area contributed by atoms with Crippen molar-refractivity contribution in [3.05, 3.63) is 0 Å². The molecule has 3 aliphatic heterocycles. The maximum absolute atomic E-state index is 6.09. The third-order valence-electron chi connectivity index (χ3n) is 5.48. The molecule has 0 amide bonds. The molecule has 110 valence electrons. The zero-order chi connectivity index (χ0) is 13.6. The quantitative estimate of drug-likeness (QED) is 0.830. The van der Waals surface area contributed by atoms with E-state index in [0.717, 1.165) is 6.54 Å². The lowest BCUT2D eigenvalue weighted by molar-refractivity contribution is 0.0133. The molecule has 3 rings (SSSR count). The van der Waals surface area contributed by atoms with Crippen LogP contribution in [0.4, 0.5) is 0 Å². The van der Waals surface area contributed by atoms with Gasteiger partial charge in [-0.2, -0.15) is 0 Å². The van der Waals surface area contributed by atoms with Gasteiger partial charge in [-0.05, 0) is 31.1 Å². The number of hydrogen-bond acceptors (Lipinski definition) is 3. The van der Waals surface area contributed by atoms with E-state index in [1.54, 1.807) is 0 Å². The van der Waals surface area contributed by atoms with Crippen molar-refractivity contribution >= 4 is 0 Å². The molecule has 19 heavy (non-hydrogen) atoms. The van der Waals surface area contributed by atoms with Gasteiger partial charge in [-0.25, -0.2) is 0 Å². The first-order valence-electron chi connectivity index (χ1n) is 8.13. The Morgan fingerprint density at radius 2 is 2.05 bits per heavy atom. The molecule has 3 saturated heterocycles. The van der Waals surface area contributed by atoms with Gasteiger partial charge in [0.15, 0.2) is 0 Å². The number of fused-ring (bicyclic) bond motifs is 2. The van der Waals surface area contributed by atoms with E-state index in [4.69, 9.17) is 4.74 Å². The largest absolute Gasteiger partial charge is 0.373 e. The molecule has 2 bridgehead atoms. The highest BCUT2D eigenvalue weighted by Crippen LogP contribution is 2.39. The molecule has 3 heteroatoms. The molecular weight excluding hydrogens is 236 g/mol. The third-order valence-corrected chi connectivity index (χ3v) is 5.48. The lowest BCUT2D eigenvalue weighted by atomic mass is 9.83. The number of nitrogens with zero attached hydrogens (tertiary/aromatic N) is 1. The molecule has 0 aromatic rings. The van der Waals surface area contributed by atoms with E-state index in [2.05, 4.69) is 37.9 Å². The van der Waals surface area contributed by atoms with Crippen LogP contribution < -0.4 is 5.32 Å². The van der Waals surface area contributed by atoms with E-state index in [-0.39, 0.29) is 0 Å². The normalized spacial score (nSPS) is 43.9. The minimum atomic E-state index is 0.343. The summed E-state index contributed by atoms with van der Waals surface area (Å²) in [5, 5.41) is 3.78. The van der Waals surface area contributed by atoms with Crippen molar-refractivity contribution in [3.8, 4) is 0 Å². The van der Waals surface area contributed by atoms with Gasteiger partial charge in [0.25, 0.3) is 0 Å². The predicted octanol–water partition coefficient (Wildman–Crippen LogP) is 2.40. The molecule has 3 aliphatic rings. The van der Waals surface area contributed by atoms with Crippen molar-refractivity contribution in [1.82, 2.24) is 10.2 Å². The van der Waals surface area contributed by atoms with Gasteiger partial charge in [0.2, 0.25) is 0 Å².